The zero-order chi connectivity index (χ0) is 36.7. The Morgan fingerprint density at radius 3 is 1.94 bits per heavy atom. The van der Waals surface area contributed by atoms with Crippen LogP contribution in [0, 0.1) is 6.07 Å². The summed E-state index contributed by atoms with van der Waals surface area (Å²) in [5.41, 5.74) is 14.6. The van der Waals surface area contributed by atoms with E-state index in [1.807, 2.05) is 18.3 Å². The van der Waals surface area contributed by atoms with Gasteiger partial charge in [0.15, 0.2) is 11.6 Å². The van der Waals surface area contributed by atoms with Crippen LogP contribution in [0.2, 0.25) is 0 Å². The number of hydrogen-bond donors (Lipinski definition) is 2. The second kappa shape index (κ2) is 17.5. The second-order valence-corrected chi connectivity index (χ2v) is 13.6. The molecule has 2 aliphatic rings. The van der Waals surface area contributed by atoms with Gasteiger partial charge in [0, 0.05) is 43.9 Å². The number of aromatic nitrogens is 1. The summed E-state index contributed by atoms with van der Waals surface area (Å²) in [4.78, 5) is 24.6. The number of rotatable bonds is 6. The van der Waals surface area contributed by atoms with Crippen molar-refractivity contribution >= 4 is 11.6 Å². The zero-order valence-corrected chi connectivity index (χ0v) is 33.1. The van der Waals surface area contributed by atoms with Crippen molar-refractivity contribution in [3.8, 4) is 33.5 Å². The molecule has 5 nitrogen and oxygen atoms in total. The van der Waals surface area contributed by atoms with Gasteiger partial charge in [-0.2, -0.15) is 0 Å². The number of nitrogens with zero attached hydrogens (tertiary/aromatic N) is 1. The van der Waals surface area contributed by atoms with Crippen molar-refractivity contribution in [2.45, 2.75) is 72.1 Å². The summed E-state index contributed by atoms with van der Waals surface area (Å²) in [7, 11) is 0. The molecule has 5 aromatic rings. The molecule has 2 aliphatic carbocycles. The van der Waals surface area contributed by atoms with Crippen molar-refractivity contribution < 1.29 is 39.9 Å². The molecule has 0 saturated carbocycles. The molecule has 1 radical (unpaired) electrons. The molecular formula is C46H46IrNO4-. The van der Waals surface area contributed by atoms with E-state index in [4.69, 9.17) is 10.2 Å². The van der Waals surface area contributed by atoms with Gasteiger partial charge >= 0.3 is 0 Å². The summed E-state index contributed by atoms with van der Waals surface area (Å²) in [5, 5.41) is 16.7. The van der Waals surface area contributed by atoms with Crippen molar-refractivity contribution in [2.24, 2.45) is 0 Å². The number of ketones is 2. The van der Waals surface area contributed by atoms with E-state index < -0.39 is 0 Å². The maximum absolute atomic E-state index is 10.0. The molecule has 4 aromatic carbocycles. The number of carbonyl (C=O) groups excluding carboxylic acids is 2. The van der Waals surface area contributed by atoms with Crippen LogP contribution >= 0.6 is 0 Å². The van der Waals surface area contributed by atoms with Crippen LogP contribution in [0.25, 0.3) is 33.5 Å². The van der Waals surface area contributed by atoms with Gasteiger partial charge in [0.2, 0.25) is 0 Å². The molecule has 2 N–H and O–H groups in total. The first-order valence-electron chi connectivity index (χ1n) is 17.5. The molecule has 2 atom stereocenters. The number of allylic oxidation sites excluding steroid dienone is 4. The molecule has 1 spiro atoms. The van der Waals surface area contributed by atoms with Crippen LogP contribution < -0.4 is 0 Å². The second-order valence-electron chi connectivity index (χ2n) is 13.6. The summed E-state index contributed by atoms with van der Waals surface area (Å²) >= 11 is 0. The van der Waals surface area contributed by atoms with Crippen molar-refractivity contribution in [1.29, 1.82) is 0 Å². The molecule has 1 aromatic heterocycles. The quantitative estimate of drug-likeness (QED) is 0.101. The molecule has 0 amide bonds. The van der Waals surface area contributed by atoms with Crippen LogP contribution in [-0.2, 0) is 48.0 Å². The van der Waals surface area contributed by atoms with Crippen molar-refractivity contribution in [1.82, 2.24) is 4.98 Å². The van der Waals surface area contributed by atoms with E-state index in [1.165, 1.54) is 96.3 Å². The SMILES string of the molecule is CC(=O)/C=C(/C)O.CC(=O)/C=C(/C)O.CCC(C)c1ccc(-c2ccc3c(c2)C2(Cc4c[c-]c(-c5ccccn5)cc4C2)c2ccccc2-3)cc1.[Ir]. The predicted octanol–water partition coefficient (Wildman–Crippen LogP) is 10.9. The van der Waals surface area contributed by atoms with Crippen LogP contribution in [0.15, 0.2) is 127 Å². The minimum Gasteiger partial charge on any atom is -0.512 e. The molecule has 7 rings (SSSR count). The number of hydrogen-bond acceptors (Lipinski definition) is 5. The molecule has 1 heterocycles. The van der Waals surface area contributed by atoms with Crippen molar-refractivity contribution in [3.05, 3.63) is 161 Å². The average Bonchev–Trinajstić information content (AvgIpc) is 3.62. The van der Waals surface area contributed by atoms with Gasteiger partial charge in [0.05, 0.1) is 11.5 Å². The van der Waals surface area contributed by atoms with E-state index in [0.29, 0.717) is 5.92 Å². The fraction of sp³-hybridized carbons (Fsp3) is 0.239. The van der Waals surface area contributed by atoms with Gasteiger partial charge < -0.3 is 15.2 Å². The maximum Gasteiger partial charge on any atom is 0.155 e. The van der Waals surface area contributed by atoms with Crippen LogP contribution in [0.4, 0.5) is 0 Å². The largest absolute Gasteiger partial charge is 0.512 e. The monoisotopic (exact) mass is 869 g/mol. The van der Waals surface area contributed by atoms with Gasteiger partial charge in [-0.1, -0.05) is 86.6 Å². The standard InChI is InChI=1S/C36H30N.2C5H8O2.Ir/c1-3-24(2)25-11-13-26(14-12-25)27-17-18-32-31-8-4-5-9-33(31)36(34(32)21-27)22-29-16-15-28(20-30(29)23-36)35-10-6-7-19-37-35;2*1-4(6)3-5(2)7;/h4-14,16-21,24H,3,22-23H2,1-2H3;2*3,6H,1-2H3;/q-1;;;/b;2*4-3-;. The van der Waals surface area contributed by atoms with Gasteiger partial charge in [-0.05, 0) is 110 Å². The molecule has 52 heavy (non-hydrogen) atoms. The van der Waals surface area contributed by atoms with E-state index in [0.717, 1.165) is 24.1 Å². The van der Waals surface area contributed by atoms with Crippen LogP contribution in [0.3, 0.4) is 0 Å². The zero-order valence-electron chi connectivity index (χ0n) is 30.7. The number of pyridine rings is 1. The number of benzene rings is 4. The molecule has 0 saturated heterocycles. The molecule has 0 fully saturated rings. The number of fused-ring (bicyclic) bond motifs is 6. The molecular weight excluding hydrogens is 823 g/mol. The maximum atomic E-state index is 10.0. The van der Waals surface area contributed by atoms with E-state index in [1.54, 1.807) is 0 Å². The molecule has 6 heteroatoms. The Balaban J connectivity index is 0.000000345. The predicted molar refractivity (Wildman–Crippen MR) is 207 cm³/mol. The Labute approximate surface area is 321 Å². The van der Waals surface area contributed by atoms with E-state index in [2.05, 4.69) is 110 Å². The van der Waals surface area contributed by atoms with Crippen LogP contribution in [0.5, 0.6) is 0 Å². The van der Waals surface area contributed by atoms with Crippen molar-refractivity contribution in [3.63, 3.8) is 0 Å². The normalized spacial score (nSPS) is 15.8. The summed E-state index contributed by atoms with van der Waals surface area (Å²) in [6, 6.07) is 39.5. The first kappa shape index (κ1) is 39.9. The Hall–Kier alpha value is -4.90. The third kappa shape index (κ3) is 9.11. The van der Waals surface area contributed by atoms with Crippen molar-refractivity contribution in [2.75, 3.05) is 0 Å². The van der Waals surface area contributed by atoms with E-state index in [9.17, 15) is 9.59 Å². The molecule has 269 valence electrons. The summed E-state index contributed by atoms with van der Waals surface area (Å²) in [6.07, 6.45) is 7.39. The van der Waals surface area contributed by atoms with Gasteiger partial charge in [-0.3, -0.25) is 9.59 Å². The third-order valence-electron chi connectivity index (χ3n) is 9.58. The Bertz CT molecular complexity index is 2060. The Morgan fingerprint density at radius 2 is 1.37 bits per heavy atom. The minimum absolute atomic E-state index is 0. The molecule has 2 unspecified atom stereocenters. The number of aliphatic hydroxyl groups excluding tert-OH is 2. The third-order valence-corrected chi connectivity index (χ3v) is 9.58. The Kier molecular flexibility index (Phi) is 13.5. The first-order chi connectivity index (χ1) is 24.4. The van der Waals surface area contributed by atoms with Crippen LogP contribution in [-0.4, -0.2) is 26.8 Å². The fourth-order valence-electron chi connectivity index (χ4n) is 7.12. The van der Waals surface area contributed by atoms with E-state index in [-0.39, 0.29) is 48.6 Å². The number of carbonyl (C=O) groups is 2. The summed E-state index contributed by atoms with van der Waals surface area (Å²) in [5.74, 6) is 0.469. The average molecular weight is 869 g/mol. The first-order valence-corrected chi connectivity index (χ1v) is 17.5. The van der Waals surface area contributed by atoms with E-state index >= 15 is 0 Å². The van der Waals surface area contributed by atoms with Crippen LogP contribution in [0.1, 0.15) is 81.7 Å². The van der Waals surface area contributed by atoms with Gasteiger partial charge in [-0.15, -0.1) is 34.9 Å². The summed E-state index contributed by atoms with van der Waals surface area (Å²) < 4.78 is 0. The number of aliphatic hydroxyl groups is 2. The van der Waals surface area contributed by atoms with Gasteiger partial charge in [0.25, 0.3) is 0 Å². The Morgan fingerprint density at radius 1 is 0.769 bits per heavy atom. The topological polar surface area (TPSA) is 87.5 Å². The molecule has 0 aliphatic heterocycles. The summed E-state index contributed by atoms with van der Waals surface area (Å²) in [6.45, 7) is 10.3. The smallest absolute Gasteiger partial charge is 0.155 e. The van der Waals surface area contributed by atoms with Gasteiger partial charge in [-0.25, -0.2) is 0 Å². The minimum atomic E-state index is -0.125. The van der Waals surface area contributed by atoms with Gasteiger partial charge in [0.1, 0.15) is 0 Å². The fourth-order valence-corrected chi connectivity index (χ4v) is 7.12. The molecule has 0 bridgehead atoms.